The molecule has 0 bridgehead atoms. The lowest BCUT2D eigenvalue weighted by molar-refractivity contribution is -0.114. The van der Waals surface area contributed by atoms with Gasteiger partial charge in [-0.3, -0.25) is 9.59 Å². The minimum atomic E-state index is -0.237. The molecule has 2 aromatic carbocycles. The number of amides is 2. The average Bonchev–Trinajstić information content (AvgIpc) is 3.10. The maximum absolute atomic E-state index is 12.2. The molecule has 8 heteroatoms. The van der Waals surface area contributed by atoms with E-state index in [0.717, 1.165) is 5.69 Å². The molecule has 3 aromatic rings. The van der Waals surface area contributed by atoms with Gasteiger partial charge >= 0.3 is 0 Å². The van der Waals surface area contributed by atoms with Crippen LogP contribution in [0.15, 0.2) is 54.9 Å². The van der Waals surface area contributed by atoms with E-state index in [4.69, 9.17) is 0 Å². The van der Waals surface area contributed by atoms with E-state index in [2.05, 4.69) is 26.2 Å². The first kappa shape index (κ1) is 15.3. The third-order valence-corrected chi connectivity index (χ3v) is 3.21. The Hall–Kier alpha value is -3.55. The van der Waals surface area contributed by atoms with E-state index in [-0.39, 0.29) is 11.8 Å². The zero-order valence-corrected chi connectivity index (χ0v) is 12.8. The number of carbonyl (C=O) groups excluding carboxylic acids is 2. The van der Waals surface area contributed by atoms with Crippen molar-refractivity contribution in [1.82, 2.24) is 20.2 Å². The van der Waals surface area contributed by atoms with Gasteiger partial charge in [0, 0.05) is 23.9 Å². The highest BCUT2D eigenvalue weighted by Gasteiger charge is 2.07. The van der Waals surface area contributed by atoms with Crippen LogP contribution in [0, 0.1) is 0 Å². The topological polar surface area (TPSA) is 102 Å². The fourth-order valence-electron chi connectivity index (χ4n) is 2.09. The largest absolute Gasteiger partial charge is 0.326 e. The molecule has 1 aromatic heterocycles. The molecule has 0 saturated carbocycles. The molecule has 24 heavy (non-hydrogen) atoms. The van der Waals surface area contributed by atoms with Crippen LogP contribution in [0.25, 0.3) is 5.69 Å². The highest BCUT2D eigenvalue weighted by atomic mass is 16.2. The van der Waals surface area contributed by atoms with Gasteiger partial charge in [0.2, 0.25) is 5.91 Å². The van der Waals surface area contributed by atoms with Gasteiger partial charge in [-0.1, -0.05) is 0 Å². The second-order valence-electron chi connectivity index (χ2n) is 5.01. The van der Waals surface area contributed by atoms with Crippen molar-refractivity contribution >= 4 is 23.2 Å². The molecule has 0 atom stereocenters. The van der Waals surface area contributed by atoms with Gasteiger partial charge in [0.15, 0.2) is 0 Å². The van der Waals surface area contributed by atoms with Crippen LogP contribution in [0.2, 0.25) is 0 Å². The molecule has 1 heterocycles. The molecule has 0 unspecified atom stereocenters. The van der Waals surface area contributed by atoms with Crippen molar-refractivity contribution in [3.8, 4) is 5.69 Å². The van der Waals surface area contributed by atoms with Crippen LogP contribution in [0.3, 0.4) is 0 Å². The third-order valence-electron chi connectivity index (χ3n) is 3.21. The van der Waals surface area contributed by atoms with Crippen LogP contribution in [-0.2, 0) is 4.79 Å². The fraction of sp³-hybridized carbons (Fsp3) is 0.0625. The summed E-state index contributed by atoms with van der Waals surface area (Å²) in [5.41, 5.74) is 2.58. The molecule has 0 aliphatic rings. The van der Waals surface area contributed by atoms with Crippen LogP contribution in [0.4, 0.5) is 11.4 Å². The molecule has 0 aliphatic carbocycles. The lowest BCUT2D eigenvalue weighted by Gasteiger charge is -2.07. The Kier molecular flexibility index (Phi) is 4.28. The number of carbonyl (C=O) groups is 2. The summed E-state index contributed by atoms with van der Waals surface area (Å²) in [6.07, 6.45) is 1.49. The van der Waals surface area contributed by atoms with E-state index in [9.17, 15) is 9.59 Å². The number of rotatable bonds is 4. The Morgan fingerprint density at radius 2 is 1.54 bits per heavy atom. The maximum atomic E-state index is 12.2. The van der Waals surface area contributed by atoms with Crippen LogP contribution < -0.4 is 10.6 Å². The zero-order chi connectivity index (χ0) is 16.9. The van der Waals surface area contributed by atoms with Crippen LogP contribution >= 0.6 is 0 Å². The van der Waals surface area contributed by atoms with Gasteiger partial charge < -0.3 is 10.6 Å². The van der Waals surface area contributed by atoms with Crippen LogP contribution in [-0.4, -0.2) is 32.0 Å². The zero-order valence-electron chi connectivity index (χ0n) is 12.8. The number of nitrogens with zero attached hydrogens (tertiary/aromatic N) is 4. The van der Waals surface area contributed by atoms with E-state index in [0.29, 0.717) is 16.9 Å². The molecule has 120 valence electrons. The number of tetrazole rings is 1. The Morgan fingerprint density at radius 1 is 0.917 bits per heavy atom. The first-order valence-electron chi connectivity index (χ1n) is 7.14. The van der Waals surface area contributed by atoms with Gasteiger partial charge in [0.25, 0.3) is 5.91 Å². The monoisotopic (exact) mass is 322 g/mol. The fourth-order valence-corrected chi connectivity index (χ4v) is 2.09. The first-order chi connectivity index (χ1) is 11.6. The summed E-state index contributed by atoms with van der Waals surface area (Å²) in [6.45, 7) is 1.43. The number of aromatic nitrogens is 4. The lowest BCUT2D eigenvalue weighted by Crippen LogP contribution is -2.12. The van der Waals surface area contributed by atoms with E-state index < -0.39 is 0 Å². The number of nitrogens with one attached hydrogen (secondary N) is 2. The number of anilines is 2. The van der Waals surface area contributed by atoms with Gasteiger partial charge in [0.05, 0.1) is 5.69 Å². The number of hydrogen-bond acceptors (Lipinski definition) is 5. The third kappa shape index (κ3) is 3.61. The summed E-state index contributed by atoms with van der Waals surface area (Å²) in [6, 6.07) is 13.8. The van der Waals surface area contributed by atoms with Crippen molar-refractivity contribution in [2.24, 2.45) is 0 Å². The van der Waals surface area contributed by atoms with Gasteiger partial charge in [-0.05, 0) is 59.0 Å². The highest BCUT2D eigenvalue weighted by molar-refractivity contribution is 6.04. The Bertz CT molecular complexity index is 841. The maximum Gasteiger partial charge on any atom is 0.255 e. The minimum absolute atomic E-state index is 0.158. The minimum Gasteiger partial charge on any atom is -0.326 e. The van der Waals surface area contributed by atoms with Gasteiger partial charge in [-0.15, -0.1) is 5.10 Å². The number of benzene rings is 2. The standard InChI is InChI=1S/C16H14N6O2/c1-11(23)18-13-4-2-12(3-5-13)16(24)19-14-6-8-15(9-7-14)22-10-17-20-21-22/h2-10H,1H3,(H,18,23)(H,19,24). The van der Waals surface area contributed by atoms with Crippen molar-refractivity contribution in [1.29, 1.82) is 0 Å². The molecule has 0 radical (unpaired) electrons. The van der Waals surface area contributed by atoms with E-state index >= 15 is 0 Å². The van der Waals surface area contributed by atoms with Crippen molar-refractivity contribution in [3.63, 3.8) is 0 Å². The van der Waals surface area contributed by atoms with Crippen molar-refractivity contribution in [2.45, 2.75) is 6.92 Å². The second-order valence-corrected chi connectivity index (χ2v) is 5.01. The van der Waals surface area contributed by atoms with E-state index in [1.807, 2.05) is 0 Å². The van der Waals surface area contributed by atoms with Crippen molar-refractivity contribution < 1.29 is 9.59 Å². The average molecular weight is 322 g/mol. The van der Waals surface area contributed by atoms with Gasteiger partial charge in [-0.2, -0.15) is 0 Å². The van der Waals surface area contributed by atoms with Crippen LogP contribution in [0.5, 0.6) is 0 Å². The van der Waals surface area contributed by atoms with Crippen molar-refractivity contribution in [2.75, 3.05) is 10.6 Å². The summed E-state index contributed by atoms with van der Waals surface area (Å²) >= 11 is 0. The van der Waals surface area contributed by atoms with Crippen LogP contribution in [0.1, 0.15) is 17.3 Å². The first-order valence-corrected chi connectivity index (χ1v) is 7.14. The molecule has 2 amide bonds. The molecule has 2 N–H and O–H groups in total. The van der Waals surface area contributed by atoms with Gasteiger partial charge in [0.1, 0.15) is 6.33 Å². The lowest BCUT2D eigenvalue weighted by atomic mass is 10.2. The predicted molar refractivity (Wildman–Crippen MR) is 87.9 cm³/mol. The van der Waals surface area contributed by atoms with E-state index in [1.54, 1.807) is 48.5 Å². The van der Waals surface area contributed by atoms with Gasteiger partial charge in [-0.25, -0.2) is 4.68 Å². The number of hydrogen-bond donors (Lipinski definition) is 2. The molecular weight excluding hydrogens is 308 g/mol. The highest BCUT2D eigenvalue weighted by Crippen LogP contribution is 2.15. The quantitative estimate of drug-likeness (QED) is 0.763. The molecule has 0 saturated heterocycles. The Morgan fingerprint density at radius 3 is 2.12 bits per heavy atom. The Labute approximate surface area is 137 Å². The summed E-state index contributed by atoms with van der Waals surface area (Å²) in [7, 11) is 0. The summed E-state index contributed by atoms with van der Waals surface area (Å²) in [4.78, 5) is 23.2. The smallest absolute Gasteiger partial charge is 0.255 e. The SMILES string of the molecule is CC(=O)Nc1ccc(C(=O)Nc2ccc(-n3cnnn3)cc2)cc1. The molecule has 8 nitrogen and oxygen atoms in total. The summed E-state index contributed by atoms with van der Waals surface area (Å²) in [5.74, 6) is -0.394. The second kappa shape index (κ2) is 6.69. The molecular formula is C16H14N6O2. The molecule has 0 aliphatic heterocycles. The summed E-state index contributed by atoms with van der Waals surface area (Å²) < 4.78 is 1.52. The predicted octanol–water partition coefficient (Wildman–Crippen LogP) is 1.87. The van der Waals surface area contributed by atoms with Crippen molar-refractivity contribution in [3.05, 3.63) is 60.4 Å². The molecule has 0 spiro atoms. The molecule has 0 fully saturated rings. The van der Waals surface area contributed by atoms with E-state index in [1.165, 1.54) is 17.9 Å². The normalized spacial score (nSPS) is 10.2. The summed E-state index contributed by atoms with van der Waals surface area (Å²) in [5, 5.41) is 16.4. The Balaban J connectivity index is 1.67. The molecule has 3 rings (SSSR count).